The fourth-order valence-electron chi connectivity index (χ4n) is 4.03. The normalized spacial score (nSPS) is 20.1. The van der Waals surface area contributed by atoms with E-state index in [9.17, 15) is 9.59 Å². The Morgan fingerprint density at radius 1 is 1.18 bits per heavy atom. The van der Waals surface area contributed by atoms with Crippen LogP contribution in [0, 0.1) is 5.92 Å². The standard InChI is InChI=1S/C20H22N6O2/c27-17(6-3-13-1-2-13)15-4-5-16-19(23-15)26(14-8-10-25(16)11-14)20(28)24-18-7-9-21-12-22-18/h4-5,7,9,12-14H,1-3,6,8,10-11H2,(H,21,22,24,28)/t14-/m0/s1. The highest BCUT2D eigenvalue weighted by Crippen LogP contribution is 2.39. The van der Waals surface area contributed by atoms with Crippen molar-refractivity contribution in [1.82, 2.24) is 15.0 Å². The summed E-state index contributed by atoms with van der Waals surface area (Å²) in [6, 6.07) is 5.14. The van der Waals surface area contributed by atoms with Crippen molar-refractivity contribution in [1.29, 1.82) is 0 Å². The molecule has 5 rings (SSSR count). The van der Waals surface area contributed by atoms with Gasteiger partial charge in [-0.25, -0.2) is 19.7 Å². The summed E-state index contributed by atoms with van der Waals surface area (Å²) in [5.74, 6) is 1.77. The van der Waals surface area contributed by atoms with Gasteiger partial charge in [0, 0.05) is 25.7 Å². The van der Waals surface area contributed by atoms with Gasteiger partial charge in [-0.1, -0.05) is 12.8 Å². The van der Waals surface area contributed by atoms with E-state index < -0.39 is 0 Å². The first-order chi connectivity index (χ1) is 13.7. The molecule has 1 atom stereocenters. The van der Waals surface area contributed by atoms with E-state index in [1.807, 2.05) is 6.07 Å². The minimum absolute atomic E-state index is 0.0404. The second kappa shape index (κ2) is 6.85. The van der Waals surface area contributed by atoms with Gasteiger partial charge < -0.3 is 4.90 Å². The molecular formula is C20H22N6O2. The number of carbonyl (C=O) groups is 2. The number of anilines is 3. The van der Waals surface area contributed by atoms with Gasteiger partial charge in [-0.3, -0.25) is 15.0 Å². The summed E-state index contributed by atoms with van der Waals surface area (Å²) in [6.45, 7) is 1.66. The summed E-state index contributed by atoms with van der Waals surface area (Å²) >= 11 is 0. The Labute approximate surface area is 163 Å². The van der Waals surface area contributed by atoms with Gasteiger partial charge in [-0.2, -0.15) is 0 Å². The Balaban J connectivity index is 1.43. The molecule has 8 heteroatoms. The van der Waals surface area contributed by atoms with Crippen molar-refractivity contribution in [3.63, 3.8) is 0 Å². The van der Waals surface area contributed by atoms with Gasteiger partial charge in [0.15, 0.2) is 11.6 Å². The molecule has 8 nitrogen and oxygen atoms in total. The largest absolute Gasteiger partial charge is 0.366 e. The molecule has 2 bridgehead atoms. The van der Waals surface area contributed by atoms with E-state index in [1.165, 1.54) is 19.2 Å². The lowest BCUT2D eigenvalue weighted by Gasteiger charge is -2.35. The molecule has 28 heavy (non-hydrogen) atoms. The van der Waals surface area contributed by atoms with E-state index in [2.05, 4.69) is 25.2 Å². The zero-order valence-corrected chi connectivity index (χ0v) is 15.5. The first kappa shape index (κ1) is 17.1. The van der Waals surface area contributed by atoms with E-state index in [0.29, 0.717) is 29.7 Å². The quantitative estimate of drug-likeness (QED) is 0.805. The fourth-order valence-corrected chi connectivity index (χ4v) is 4.03. The van der Waals surface area contributed by atoms with E-state index >= 15 is 0 Å². The summed E-state index contributed by atoms with van der Waals surface area (Å²) in [5, 5.41) is 2.82. The maximum atomic E-state index is 13.0. The predicted molar refractivity (Wildman–Crippen MR) is 105 cm³/mol. The Morgan fingerprint density at radius 3 is 2.86 bits per heavy atom. The Hall–Kier alpha value is -3.03. The number of aromatic nitrogens is 3. The first-order valence-electron chi connectivity index (χ1n) is 9.84. The van der Waals surface area contributed by atoms with Crippen molar-refractivity contribution in [3.05, 3.63) is 36.4 Å². The first-order valence-corrected chi connectivity index (χ1v) is 9.84. The third-order valence-electron chi connectivity index (χ3n) is 5.75. The summed E-state index contributed by atoms with van der Waals surface area (Å²) in [6.07, 6.45) is 7.78. The minimum atomic E-state index is -0.276. The summed E-state index contributed by atoms with van der Waals surface area (Å²) < 4.78 is 0. The van der Waals surface area contributed by atoms with Crippen molar-refractivity contribution in [2.24, 2.45) is 5.92 Å². The van der Waals surface area contributed by atoms with Gasteiger partial charge in [0.05, 0.1) is 11.7 Å². The lowest BCUT2D eigenvalue weighted by molar-refractivity contribution is 0.0973. The number of ketones is 1. The molecule has 1 saturated heterocycles. The molecule has 144 valence electrons. The highest BCUT2D eigenvalue weighted by atomic mass is 16.2. The SMILES string of the molecule is O=C(CCC1CC1)c1ccc2c(n1)N(C(=O)Nc1ccncn1)[C@H]1CCN2C1. The van der Waals surface area contributed by atoms with Crippen LogP contribution in [-0.4, -0.2) is 45.9 Å². The van der Waals surface area contributed by atoms with Crippen molar-refractivity contribution in [2.75, 3.05) is 28.2 Å². The van der Waals surface area contributed by atoms with Crippen molar-refractivity contribution < 1.29 is 9.59 Å². The highest BCUT2D eigenvalue weighted by molar-refractivity contribution is 6.05. The number of nitrogens with one attached hydrogen (secondary N) is 1. The van der Waals surface area contributed by atoms with Crippen LogP contribution in [0.5, 0.6) is 0 Å². The van der Waals surface area contributed by atoms with Gasteiger partial charge >= 0.3 is 6.03 Å². The van der Waals surface area contributed by atoms with Crippen molar-refractivity contribution in [2.45, 2.75) is 38.1 Å². The van der Waals surface area contributed by atoms with Crippen LogP contribution in [0.4, 0.5) is 22.1 Å². The van der Waals surface area contributed by atoms with E-state index in [0.717, 1.165) is 31.6 Å². The van der Waals surface area contributed by atoms with E-state index in [4.69, 9.17) is 0 Å². The molecule has 2 amide bonds. The lowest BCUT2D eigenvalue weighted by Crippen LogP contribution is -2.48. The molecule has 2 fully saturated rings. The second-order valence-electron chi connectivity index (χ2n) is 7.73. The third kappa shape index (κ3) is 3.19. The highest BCUT2D eigenvalue weighted by Gasteiger charge is 2.40. The summed E-state index contributed by atoms with van der Waals surface area (Å²) in [5.41, 5.74) is 1.35. The van der Waals surface area contributed by atoms with Crippen LogP contribution in [0.2, 0.25) is 0 Å². The molecule has 0 aromatic carbocycles. The fraction of sp³-hybridized carbons (Fsp3) is 0.450. The molecule has 4 heterocycles. The van der Waals surface area contributed by atoms with E-state index in [-0.39, 0.29) is 17.9 Å². The van der Waals surface area contributed by atoms with Crippen molar-refractivity contribution >= 4 is 29.1 Å². The minimum Gasteiger partial charge on any atom is -0.366 e. The number of urea groups is 1. The average Bonchev–Trinajstić information content (AvgIpc) is 3.46. The monoisotopic (exact) mass is 378 g/mol. The number of nitrogens with zero attached hydrogens (tertiary/aromatic N) is 5. The Morgan fingerprint density at radius 2 is 2.07 bits per heavy atom. The number of carbonyl (C=O) groups excluding carboxylic acids is 2. The van der Waals surface area contributed by atoms with Crippen LogP contribution in [0.1, 0.15) is 42.6 Å². The maximum absolute atomic E-state index is 13.0. The molecule has 3 aliphatic rings. The maximum Gasteiger partial charge on any atom is 0.329 e. The van der Waals surface area contributed by atoms with Crippen LogP contribution in [0.3, 0.4) is 0 Å². The summed E-state index contributed by atoms with van der Waals surface area (Å²) in [7, 11) is 0. The number of amides is 2. The van der Waals surface area contributed by atoms with Gasteiger partial charge in [0.1, 0.15) is 17.8 Å². The van der Waals surface area contributed by atoms with Gasteiger partial charge in [-0.05, 0) is 37.0 Å². The number of pyridine rings is 1. The van der Waals surface area contributed by atoms with Crippen LogP contribution < -0.4 is 15.1 Å². The van der Waals surface area contributed by atoms with Crippen LogP contribution in [0.15, 0.2) is 30.7 Å². The molecule has 2 aromatic rings. The second-order valence-corrected chi connectivity index (χ2v) is 7.73. The number of hydrogen-bond acceptors (Lipinski definition) is 6. The smallest absolute Gasteiger partial charge is 0.329 e. The van der Waals surface area contributed by atoms with Crippen LogP contribution in [0.25, 0.3) is 0 Å². The molecule has 2 aliphatic heterocycles. The average molecular weight is 378 g/mol. The molecule has 2 aromatic heterocycles. The lowest BCUT2D eigenvalue weighted by atomic mass is 10.1. The molecule has 0 spiro atoms. The van der Waals surface area contributed by atoms with Gasteiger partial charge in [-0.15, -0.1) is 0 Å². The zero-order chi connectivity index (χ0) is 19.1. The van der Waals surface area contributed by atoms with Gasteiger partial charge in [0.25, 0.3) is 0 Å². The molecular weight excluding hydrogens is 356 g/mol. The van der Waals surface area contributed by atoms with Crippen LogP contribution >= 0.6 is 0 Å². The topological polar surface area (TPSA) is 91.3 Å². The molecule has 1 N–H and O–H groups in total. The van der Waals surface area contributed by atoms with Crippen LogP contribution in [-0.2, 0) is 0 Å². The number of Topliss-reactive ketones (excluding diaryl/α,β-unsaturated/α-hetero) is 1. The molecule has 1 saturated carbocycles. The molecule has 1 aliphatic carbocycles. The van der Waals surface area contributed by atoms with Gasteiger partial charge in [0.2, 0.25) is 0 Å². The number of hydrogen-bond donors (Lipinski definition) is 1. The van der Waals surface area contributed by atoms with Crippen molar-refractivity contribution in [3.8, 4) is 0 Å². The molecule has 0 radical (unpaired) electrons. The zero-order valence-electron chi connectivity index (χ0n) is 15.5. The Bertz CT molecular complexity index is 914. The number of fused-ring (bicyclic) bond motifs is 4. The number of rotatable bonds is 5. The third-order valence-corrected chi connectivity index (χ3v) is 5.75. The Kier molecular flexibility index (Phi) is 4.18. The van der Waals surface area contributed by atoms with E-state index in [1.54, 1.807) is 23.2 Å². The molecule has 0 unspecified atom stereocenters. The summed E-state index contributed by atoms with van der Waals surface area (Å²) in [4.78, 5) is 42.1. The predicted octanol–water partition coefficient (Wildman–Crippen LogP) is 2.88.